The maximum absolute atomic E-state index is 11.0. The molecule has 0 atom stereocenters. The van der Waals surface area contributed by atoms with E-state index in [0.29, 0.717) is 15.6 Å². The lowest BCUT2D eigenvalue weighted by Crippen LogP contribution is -2.40. The average Bonchev–Trinajstić information content (AvgIpc) is 2.14. The average molecular weight is 241 g/mol. The summed E-state index contributed by atoms with van der Waals surface area (Å²) >= 11 is 11.9. The van der Waals surface area contributed by atoms with Crippen molar-refractivity contribution in [1.82, 2.24) is 4.98 Å². The fraction of sp³-hybridized carbons (Fsp3) is 0.300. The van der Waals surface area contributed by atoms with E-state index >= 15 is 0 Å². The van der Waals surface area contributed by atoms with Crippen LogP contribution in [0.15, 0.2) is 12.4 Å². The predicted octanol–water partition coefficient (Wildman–Crippen LogP) is 2.51. The van der Waals surface area contributed by atoms with E-state index in [4.69, 9.17) is 28.5 Å². The topological polar surface area (TPSA) is 53.8 Å². The molecule has 1 aliphatic rings. The third-order valence-corrected chi connectivity index (χ3v) is 3.12. The largest absolute Gasteiger partial charge is 0.300 e. The molecule has 0 radical (unpaired) electrons. The molecule has 0 aliphatic heterocycles. The second-order valence-electron chi connectivity index (χ2n) is 3.56. The Kier molecular flexibility index (Phi) is 2.41. The third-order valence-electron chi connectivity index (χ3n) is 2.54. The van der Waals surface area contributed by atoms with E-state index in [1.165, 1.54) is 12.4 Å². The van der Waals surface area contributed by atoms with Gasteiger partial charge < -0.3 is 0 Å². The smallest absolute Gasteiger partial charge is 0.136 e. The Labute approximate surface area is 96.6 Å². The summed E-state index contributed by atoms with van der Waals surface area (Å²) in [4.78, 5) is 14.8. The van der Waals surface area contributed by atoms with Crippen LogP contribution in [0.25, 0.3) is 0 Å². The minimum atomic E-state index is -0.839. The molecular formula is C10H6Cl2N2O. The van der Waals surface area contributed by atoms with Crippen LogP contribution in [0, 0.1) is 11.3 Å². The first-order valence-electron chi connectivity index (χ1n) is 4.31. The van der Waals surface area contributed by atoms with Crippen LogP contribution in [0.2, 0.25) is 10.0 Å². The predicted molar refractivity (Wildman–Crippen MR) is 55.8 cm³/mol. The van der Waals surface area contributed by atoms with Gasteiger partial charge in [0.05, 0.1) is 21.5 Å². The first-order chi connectivity index (χ1) is 7.09. The van der Waals surface area contributed by atoms with E-state index in [1.54, 1.807) is 0 Å². The van der Waals surface area contributed by atoms with Gasteiger partial charge in [0.1, 0.15) is 5.78 Å². The normalized spacial score (nSPS) is 18.1. The summed E-state index contributed by atoms with van der Waals surface area (Å²) < 4.78 is 0. The molecule has 1 aromatic rings. The van der Waals surface area contributed by atoms with Crippen molar-refractivity contribution in [1.29, 1.82) is 5.26 Å². The number of hydrogen-bond donors (Lipinski definition) is 0. The summed E-state index contributed by atoms with van der Waals surface area (Å²) in [6.07, 6.45) is 3.25. The molecule has 0 N–H and O–H groups in total. The fourth-order valence-electron chi connectivity index (χ4n) is 1.80. The quantitative estimate of drug-likeness (QED) is 0.758. The first-order valence-corrected chi connectivity index (χ1v) is 5.07. The zero-order chi connectivity index (χ0) is 11.1. The lowest BCUT2D eigenvalue weighted by atomic mass is 9.65. The van der Waals surface area contributed by atoms with Gasteiger partial charge >= 0.3 is 0 Å². The Morgan fingerprint density at radius 1 is 1.33 bits per heavy atom. The lowest BCUT2D eigenvalue weighted by Gasteiger charge is -2.35. The van der Waals surface area contributed by atoms with Gasteiger partial charge in [-0.15, -0.1) is 0 Å². The molecule has 1 aromatic heterocycles. The second kappa shape index (κ2) is 3.48. The number of halogens is 2. The fourth-order valence-corrected chi connectivity index (χ4v) is 2.53. The first kappa shape index (κ1) is 10.4. The number of carbonyl (C=O) groups excluding carboxylic acids is 1. The second-order valence-corrected chi connectivity index (χ2v) is 4.38. The van der Waals surface area contributed by atoms with E-state index in [2.05, 4.69) is 11.1 Å². The maximum Gasteiger partial charge on any atom is 0.136 e. The van der Waals surface area contributed by atoms with E-state index in [9.17, 15) is 4.79 Å². The van der Waals surface area contributed by atoms with Gasteiger partial charge in [-0.3, -0.25) is 9.78 Å². The number of aromatic nitrogens is 1. The molecule has 1 fully saturated rings. The minimum Gasteiger partial charge on any atom is -0.300 e. The van der Waals surface area contributed by atoms with Crippen LogP contribution in [-0.4, -0.2) is 10.8 Å². The van der Waals surface area contributed by atoms with Gasteiger partial charge in [0.15, 0.2) is 0 Å². The van der Waals surface area contributed by atoms with Crippen LogP contribution >= 0.6 is 23.2 Å². The standard InChI is InChI=1S/C10H6Cl2N2O/c11-7-3-14-4-8(12)9(7)10(5-13)1-6(15)2-10/h3-4H,1-2H2. The van der Waals surface area contributed by atoms with Crippen molar-refractivity contribution in [2.24, 2.45) is 0 Å². The van der Waals surface area contributed by atoms with Crippen molar-refractivity contribution in [2.75, 3.05) is 0 Å². The van der Waals surface area contributed by atoms with Crippen molar-refractivity contribution in [3.63, 3.8) is 0 Å². The van der Waals surface area contributed by atoms with E-state index < -0.39 is 5.41 Å². The van der Waals surface area contributed by atoms with Crippen LogP contribution in [0.1, 0.15) is 18.4 Å². The molecule has 5 heteroatoms. The van der Waals surface area contributed by atoms with Gasteiger partial charge in [-0.1, -0.05) is 23.2 Å². The summed E-state index contributed by atoms with van der Waals surface area (Å²) in [6.45, 7) is 0. The highest BCUT2D eigenvalue weighted by molar-refractivity contribution is 6.36. The Morgan fingerprint density at radius 2 is 1.87 bits per heavy atom. The van der Waals surface area contributed by atoms with E-state index in [1.807, 2.05) is 0 Å². The van der Waals surface area contributed by atoms with Crippen molar-refractivity contribution in [3.05, 3.63) is 28.0 Å². The van der Waals surface area contributed by atoms with Crippen LogP contribution in [-0.2, 0) is 10.2 Å². The molecule has 0 saturated heterocycles. The molecule has 1 saturated carbocycles. The molecule has 0 spiro atoms. The number of Topliss-reactive ketones (excluding diaryl/α,β-unsaturated/α-hetero) is 1. The van der Waals surface area contributed by atoms with Crippen molar-refractivity contribution in [3.8, 4) is 6.07 Å². The summed E-state index contributed by atoms with van der Waals surface area (Å²) in [5, 5.41) is 9.80. The van der Waals surface area contributed by atoms with Gasteiger partial charge in [-0.2, -0.15) is 5.26 Å². The zero-order valence-corrected chi connectivity index (χ0v) is 9.14. The van der Waals surface area contributed by atoms with Crippen molar-refractivity contribution >= 4 is 29.0 Å². The SMILES string of the molecule is N#CC1(c2c(Cl)cncc2Cl)CC(=O)C1. The summed E-state index contributed by atoms with van der Waals surface area (Å²) in [5.41, 5.74) is -0.309. The maximum atomic E-state index is 11.0. The minimum absolute atomic E-state index is 0.0560. The monoisotopic (exact) mass is 240 g/mol. The van der Waals surface area contributed by atoms with Crippen molar-refractivity contribution < 1.29 is 4.79 Å². The van der Waals surface area contributed by atoms with Crippen LogP contribution < -0.4 is 0 Å². The number of ketones is 1. The van der Waals surface area contributed by atoms with Crippen molar-refractivity contribution in [2.45, 2.75) is 18.3 Å². The third kappa shape index (κ3) is 1.50. The number of carbonyl (C=O) groups is 1. The molecule has 0 amide bonds. The summed E-state index contributed by atoms with van der Waals surface area (Å²) in [5.74, 6) is 0.0560. The van der Waals surface area contributed by atoms with E-state index in [-0.39, 0.29) is 18.6 Å². The molecule has 76 valence electrons. The number of rotatable bonds is 1. The Hall–Kier alpha value is -1.11. The highest BCUT2D eigenvalue weighted by atomic mass is 35.5. The Balaban J connectivity index is 2.54. The van der Waals surface area contributed by atoms with Gasteiger partial charge in [0, 0.05) is 30.8 Å². The number of nitriles is 1. The number of nitrogens with zero attached hydrogens (tertiary/aromatic N) is 2. The number of hydrogen-bond acceptors (Lipinski definition) is 3. The summed E-state index contributed by atoms with van der Waals surface area (Å²) in [6, 6.07) is 2.13. The molecule has 1 heterocycles. The summed E-state index contributed by atoms with van der Waals surface area (Å²) in [7, 11) is 0. The highest BCUT2D eigenvalue weighted by Gasteiger charge is 2.47. The Morgan fingerprint density at radius 3 is 2.27 bits per heavy atom. The van der Waals surface area contributed by atoms with Crippen LogP contribution in [0.3, 0.4) is 0 Å². The molecule has 1 aliphatic carbocycles. The molecule has 2 rings (SSSR count). The van der Waals surface area contributed by atoms with Gasteiger partial charge in [0.2, 0.25) is 0 Å². The van der Waals surface area contributed by atoms with Gasteiger partial charge in [-0.25, -0.2) is 0 Å². The lowest BCUT2D eigenvalue weighted by molar-refractivity contribution is -0.126. The van der Waals surface area contributed by atoms with Gasteiger partial charge in [-0.05, 0) is 0 Å². The van der Waals surface area contributed by atoms with Crippen LogP contribution in [0.5, 0.6) is 0 Å². The molecule has 0 bridgehead atoms. The molecule has 15 heavy (non-hydrogen) atoms. The molecule has 0 unspecified atom stereocenters. The number of pyridine rings is 1. The molecule has 0 aromatic carbocycles. The molecule has 3 nitrogen and oxygen atoms in total. The zero-order valence-electron chi connectivity index (χ0n) is 7.63. The highest BCUT2D eigenvalue weighted by Crippen LogP contribution is 2.46. The van der Waals surface area contributed by atoms with Gasteiger partial charge in [0.25, 0.3) is 0 Å². The van der Waals surface area contributed by atoms with E-state index in [0.717, 1.165) is 0 Å². The Bertz CT molecular complexity index is 451. The van der Waals surface area contributed by atoms with Crippen LogP contribution in [0.4, 0.5) is 0 Å². The molecular weight excluding hydrogens is 235 g/mol.